The highest BCUT2D eigenvalue weighted by molar-refractivity contribution is 5.93. The average molecular weight is 342 g/mol. The van der Waals surface area contributed by atoms with Crippen LogP contribution in [0, 0.1) is 0 Å². The lowest BCUT2D eigenvalue weighted by molar-refractivity contribution is -0.115. The van der Waals surface area contributed by atoms with E-state index in [0.717, 1.165) is 12.2 Å². The van der Waals surface area contributed by atoms with E-state index < -0.39 is 5.97 Å². The minimum atomic E-state index is -0.405. The second-order valence-electron chi connectivity index (χ2n) is 5.39. The Hall–Kier alpha value is -2.86. The molecule has 0 aliphatic heterocycles. The van der Waals surface area contributed by atoms with Gasteiger partial charge in [0.25, 0.3) is 0 Å². The summed E-state index contributed by atoms with van der Waals surface area (Å²) in [5, 5.41) is 5.87. The van der Waals surface area contributed by atoms with Crippen molar-refractivity contribution in [1.29, 1.82) is 0 Å². The average Bonchev–Trinajstić information content (AvgIpc) is 2.65. The number of hydrogen-bond acceptors (Lipinski definition) is 5. The monoisotopic (exact) mass is 342 g/mol. The fourth-order valence-electron chi connectivity index (χ4n) is 2.24. The van der Waals surface area contributed by atoms with Gasteiger partial charge < -0.3 is 20.1 Å². The van der Waals surface area contributed by atoms with E-state index in [4.69, 9.17) is 4.74 Å². The third kappa shape index (κ3) is 5.93. The summed E-state index contributed by atoms with van der Waals surface area (Å²) in [6.45, 7) is 0.913. The van der Waals surface area contributed by atoms with Gasteiger partial charge in [-0.25, -0.2) is 4.79 Å². The predicted octanol–water partition coefficient (Wildman–Crippen LogP) is 2.25. The Morgan fingerprint density at radius 1 is 0.960 bits per heavy atom. The van der Waals surface area contributed by atoms with Gasteiger partial charge in [-0.05, 0) is 54.9 Å². The number of esters is 1. The fourth-order valence-corrected chi connectivity index (χ4v) is 2.24. The van der Waals surface area contributed by atoms with Crippen LogP contribution >= 0.6 is 0 Å². The number of carbonyl (C=O) groups excluding carboxylic acids is 2. The summed E-state index contributed by atoms with van der Waals surface area (Å²) in [5.41, 5.74) is 2.25. The third-order valence-corrected chi connectivity index (χ3v) is 3.62. The molecule has 2 rings (SSSR count). The number of ether oxygens (including phenoxy) is 2. The number of carbonyl (C=O) groups is 2. The Labute approximate surface area is 147 Å². The van der Waals surface area contributed by atoms with E-state index in [1.54, 1.807) is 31.4 Å². The van der Waals surface area contributed by atoms with Crippen LogP contribution in [-0.4, -0.2) is 39.2 Å². The summed E-state index contributed by atoms with van der Waals surface area (Å²) < 4.78 is 9.74. The molecule has 0 atom stereocenters. The second kappa shape index (κ2) is 9.44. The van der Waals surface area contributed by atoms with E-state index in [2.05, 4.69) is 15.4 Å². The Bertz CT molecular complexity index is 696. The second-order valence-corrected chi connectivity index (χ2v) is 5.39. The van der Waals surface area contributed by atoms with Crippen molar-refractivity contribution in [2.75, 3.05) is 32.6 Å². The number of rotatable bonds is 8. The minimum absolute atomic E-state index is 0.138. The topological polar surface area (TPSA) is 76.7 Å². The van der Waals surface area contributed by atoms with Crippen LogP contribution in [-0.2, 0) is 16.0 Å². The maximum atomic E-state index is 11.9. The molecule has 0 radical (unpaired) electrons. The number of anilines is 1. The summed E-state index contributed by atoms with van der Waals surface area (Å²) in [5.74, 6) is 0.285. The first-order valence-electron chi connectivity index (χ1n) is 7.94. The fraction of sp³-hybridized carbons (Fsp3) is 0.263. The number of hydrogen-bond donors (Lipinski definition) is 2. The van der Waals surface area contributed by atoms with Crippen molar-refractivity contribution in [2.24, 2.45) is 0 Å². The van der Waals surface area contributed by atoms with E-state index >= 15 is 0 Å². The highest BCUT2D eigenvalue weighted by Gasteiger charge is 2.06. The van der Waals surface area contributed by atoms with Gasteiger partial charge in [-0.15, -0.1) is 0 Å². The normalized spacial score (nSPS) is 10.2. The summed E-state index contributed by atoms with van der Waals surface area (Å²) in [7, 11) is 2.97. The quantitative estimate of drug-likeness (QED) is 0.568. The van der Waals surface area contributed by atoms with E-state index in [9.17, 15) is 9.59 Å². The van der Waals surface area contributed by atoms with E-state index in [1.165, 1.54) is 12.7 Å². The molecule has 25 heavy (non-hydrogen) atoms. The molecule has 0 aromatic heterocycles. The lowest BCUT2D eigenvalue weighted by atomic mass is 10.1. The molecule has 0 aliphatic carbocycles. The van der Waals surface area contributed by atoms with Gasteiger partial charge in [0, 0.05) is 5.69 Å². The van der Waals surface area contributed by atoms with Crippen LogP contribution < -0.4 is 15.4 Å². The number of nitrogens with one attached hydrogen (secondary N) is 2. The van der Waals surface area contributed by atoms with Gasteiger partial charge in [-0.2, -0.15) is 0 Å². The van der Waals surface area contributed by atoms with Gasteiger partial charge in [0.05, 0.1) is 26.3 Å². The first kappa shape index (κ1) is 18.5. The van der Waals surface area contributed by atoms with Crippen LogP contribution in [0.4, 0.5) is 5.69 Å². The molecule has 0 unspecified atom stereocenters. The first-order valence-corrected chi connectivity index (χ1v) is 7.94. The van der Waals surface area contributed by atoms with Crippen molar-refractivity contribution in [3.05, 3.63) is 59.7 Å². The van der Waals surface area contributed by atoms with E-state index in [1.807, 2.05) is 24.3 Å². The van der Waals surface area contributed by atoms with Gasteiger partial charge in [0.2, 0.25) is 5.91 Å². The van der Waals surface area contributed by atoms with Crippen molar-refractivity contribution in [3.63, 3.8) is 0 Å². The Morgan fingerprint density at radius 3 is 2.24 bits per heavy atom. The SMILES string of the molecule is COC(=O)c1ccc(NC(=O)CNCCc2ccc(OC)cc2)cc1. The molecule has 2 aromatic rings. The summed E-state index contributed by atoms with van der Waals surface area (Å²) in [4.78, 5) is 23.2. The Kier molecular flexibility index (Phi) is 6.98. The van der Waals surface area contributed by atoms with Crippen molar-refractivity contribution in [1.82, 2.24) is 5.32 Å². The van der Waals surface area contributed by atoms with Gasteiger partial charge in [0.1, 0.15) is 5.75 Å². The highest BCUT2D eigenvalue weighted by Crippen LogP contribution is 2.11. The van der Waals surface area contributed by atoms with Crippen LogP contribution in [0.2, 0.25) is 0 Å². The van der Waals surface area contributed by atoms with Gasteiger partial charge in [0.15, 0.2) is 0 Å². The smallest absolute Gasteiger partial charge is 0.337 e. The molecule has 2 aromatic carbocycles. The lowest BCUT2D eigenvalue weighted by Gasteiger charge is -2.08. The van der Waals surface area contributed by atoms with E-state index in [-0.39, 0.29) is 12.5 Å². The van der Waals surface area contributed by atoms with Crippen LogP contribution in [0.5, 0.6) is 5.75 Å². The van der Waals surface area contributed by atoms with Crippen LogP contribution in [0.15, 0.2) is 48.5 Å². The van der Waals surface area contributed by atoms with Crippen molar-refractivity contribution >= 4 is 17.6 Å². The Morgan fingerprint density at radius 2 is 1.64 bits per heavy atom. The number of methoxy groups -OCH3 is 2. The van der Waals surface area contributed by atoms with Gasteiger partial charge in [-0.3, -0.25) is 4.79 Å². The number of benzene rings is 2. The van der Waals surface area contributed by atoms with Crippen molar-refractivity contribution in [2.45, 2.75) is 6.42 Å². The van der Waals surface area contributed by atoms with Crippen LogP contribution in [0.25, 0.3) is 0 Å². The molecule has 0 heterocycles. The molecule has 6 heteroatoms. The number of amides is 1. The van der Waals surface area contributed by atoms with Gasteiger partial charge in [-0.1, -0.05) is 12.1 Å². The molecule has 6 nitrogen and oxygen atoms in total. The molecule has 0 bridgehead atoms. The molecular formula is C19H22N2O4. The molecule has 0 aliphatic rings. The van der Waals surface area contributed by atoms with Crippen molar-refractivity contribution < 1.29 is 19.1 Å². The van der Waals surface area contributed by atoms with E-state index in [0.29, 0.717) is 17.8 Å². The Balaban J connectivity index is 1.70. The molecule has 0 spiro atoms. The summed E-state index contributed by atoms with van der Waals surface area (Å²) in [6.07, 6.45) is 0.825. The van der Waals surface area contributed by atoms with Crippen molar-refractivity contribution in [3.8, 4) is 5.75 Å². The third-order valence-electron chi connectivity index (χ3n) is 3.62. The zero-order valence-electron chi connectivity index (χ0n) is 14.4. The molecule has 1 amide bonds. The predicted molar refractivity (Wildman–Crippen MR) is 96.0 cm³/mol. The standard InChI is InChI=1S/C19H22N2O4/c1-24-17-9-3-14(4-10-17)11-12-20-13-18(22)21-16-7-5-15(6-8-16)19(23)25-2/h3-10,20H,11-13H2,1-2H3,(H,21,22). The zero-order chi connectivity index (χ0) is 18.1. The zero-order valence-corrected chi connectivity index (χ0v) is 14.4. The first-order chi connectivity index (χ1) is 12.1. The molecular weight excluding hydrogens is 320 g/mol. The molecule has 2 N–H and O–H groups in total. The highest BCUT2D eigenvalue weighted by atomic mass is 16.5. The van der Waals surface area contributed by atoms with Crippen LogP contribution in [0.3, 0.4) is 0 Å². The van der Waals surface area contributed by atoms with Crippen LogP contribution in [0.1, 0.15) is 15.9 Å². The maximum Gasteiger partial charge on any atom is 0.337 e. The summed E-state index contributed by atoms with van der Waals surface area (Å²) in [6, 6.07) is 14.4. The maximum absolute atomic E-state index is 11.9. The largest absolute Gasteiger partial charge is 0.497 e. The molecule has 0 saturated carbocycles. The summed E-state index contributed by atoms with van der Waals surface area (Å²) >= 11 is 0. The molecule has 132 valence electrons. The van der Waals surface area contributed by atoms with Gasteiger partial charge >= 0.3 is 5.97 Å². The molecule has 0 fully saturated rings. The lowest BCUT2D eigenvalue weighted by Crippen LogP contribution is -2.29. The molecule has 0 saturated heterocycles. The minimum Gasteiger partial charge on any atom is -0.497 e.